The zero-order valence-corrected chi connectivity index (χ0v) is 10.8. The van der Waals surface area contributed by atoms with E-state index in [4.69, 9.17) is 16.0 Å². The molecule has 0 saturated heterocycles. The molecule has 2 rings (SSSR count). The lowest BCUT2D eigenvalue weighted by atomic mass is 10.1. The van der Waals surface area contributed by atoms with E-state index in [1.165, 1.54) is 6.42 Å². The minimum Gasteiger partial charge on any atom is -0.469 e. The number of amides is 1. The lowest BCUT2D eigenvalue weighted by Crippen LogP contribution is -2.31. The number of hydrogen-bond donors (Lipinski definition) is 1. The van der Waals surface area contributed by atoms with Gasteiger partial charge in [0.2, 0.25) is 0 Å². The van der Waals surface area contributed by atoms with Crippen molar-refractivity contribution in [2.24, 2.45) is 5.92 Å². The predicted octanol–water partition coefficient (Wildman–Crippen LogP) is 2.98. The highest BCUT2D eigenvalue weighted by atomic mass is 35.5. The van der Waals surface area contributed by atoms with Crippen LogP contribution in [0.5, 0.6) is 0 Å². The maximum absolute atomic E-state index is 11.9. The van der Waals surface area contributed by atoms with Crippen LogP contribution >= 0.6 is 11.6 Å². The Morgan fingerprint density at radius 3 is 3.06 bits per heavy atom. The van der Waals surface area contributed by atoms with E-state index >= 15 is 0 Å². The molecule has 0 spiro atoms. The third kappa shape index (κ3) is 2.83. The Labute approximate surface area is 107 Å². The molecule has 1 aliphatic carbocycles. The SMILES string of the molecule is CCc1occc1C(=O)NCC1CCCC1Cl. The first kappa shape index (κ1) is 12.5. The maximum atomic E-state index is 11.9. The molecule has 4 heteroatoms. The van der Waals surface area contributed by atoms with Crippen molar-refractivity contribution in [3.05, 3.63) is 23.7 Å². The molecule has 2 atom stereocenters. The van der Waals surface area contributed by atoms with Gasteiger partial charge in [0.1, 0.15) is 5.76 Å². The molecule has 1 N–H and O–H groups in total. The van der Waals surface area contributed by atoms with Crippen LogP contribution < -0.4 is 5.32 Å². The number of aryl methyl sites for hydroxylation is 1. The van der Waals surface area contributed by atoms with Gasteiger partial charge in [0.25, 0.3) is 5.91 Å². The predicted molar refractivity (Wildman–Crippen MR) is 67.4 cm³/mol. The largest absolute Gasteiger partial charge is 0.469 e. The molecule has 17 heavy (non-hydrogen) atoms. The highest BCUT2D eigenvalue weighted by molar-refractivity contribution is 6.21. The molecule has 1 aromatic heterocycles. The Balaban J connectivity index is 1.89. The lowest BCUT2D eigenvalue weighted by Gasteiger charge is -2.14. The van der Waals surface area contributed by atoms with Crippen LogP contribution in [-0.2, 0) is 6.42 Å². The Morgan fingerprint density at radius 1 is 1.59 bits per heavy atom. The van der Waals surface area contributed by atoms with Crippen LogP contribution in [0.4, 0.5) is 0 Å². The first-order valence-corrected chi connectivity index (χ1v) is 6.64. The van der Waals surface area contributed by atoms with E-state index in [0.29, 0.717) is 18.0 Å². The molecule has 1 heterocycles. The fourth-order valence-corrected chi connectivity index (χ4v) is 2.73. The second-order valence-corrected chi connectivity index (χ2v) is 5.09. The summed E-state index contributed by atoms with van der Waals surface area (Å²) >= 11 is 6.18. The zero-order valence-electron chi connectivity index (χ0n) is 10.0. The first-order chi connectivity index (χ1) is 8.22. The lowest BCUT2D eigenvalue weighted by molar-refractivity contribution is 0.0945. The summed E-state index contributed by atoms with van der Waals surface area (Å²) in [6.07, 6.45) is 5.64. The van der Waals surface area contributed by atoms with Crippen LogP contribution in [-0.4, -0.2) is 17.8 Å². The van der Waals surface area contributed by atoms with E-state index in [-0.39, 0.29) is 11.3 Å². The van der Waals surface area contributed by atoms with Crippen molar-refractivity contribution in [1.29, 1.82) is 0 Å². The number of furan rings is 1. The van der Waals surface area contributed by atoms with Gasteiger partial charge in [0.05, 0.1) is 11.8 Å². The average Bonchev–Trinajstić information content (AvgIpc) is 2.94. The molecule has 0 bridgehead atoms. The van der Waals surface area contributed by atoms with Crippen LogP contribution in [0.1, 0.15) is 42.3 Å². The Bertz CT molecular complexity index is 389. The first-order valence-electron chi connectivity index (χ1n) is 6.21. The molecule has 0 aliphatic heterocycles. The second kappa shape index (κ2) is 5.58. The molecule has 2 unspecified atom stereocenters. The summed E-state index contributed by atoms with van der Waals surface area (Å²) < 4.78 is 5.24. The minimum absolute atomic E-state index is 0.0497. The molecule has 3 nitrogen and oxygen atoms in total. The number of carbonyl (C=O) groups is 1. The number of nitrogens with one attached hydrogen (secondary N) is 1. The highest BCUT2D eigenvalue weighted by Gasteiger charge is 2.26. The van der Waals surface area contributed by atoms with Crippen LogP contribution in [0.25, 0.3) is 0 Å². The van der Waals surface area contributed by atoms with Crippen LogP contribution in [0.3, 0.4) is 0 Å². The molecule has 1 fully saturated rings. The van der Waals surface area contributed by atoms with Gasteiger partial charge < -0.3 is 9.73 Å². The van der Waals surface area contributed by atoms with Gasteiger partial charge in [0, 0.05) is 18.3 Å². The molecule has 1 aliphatic rings. The number of carbonyl (C=O) groups excluding carboxylic acids is 1. The minimum atomic E-state index is -0.0497. The van der Waals surface area contributed by atoms with E-state index in [1.54, 1.807) is 12.3 Å². The number of hydrogen-bond acceptors (Lipinski definition) is 2. The van der Waals surface area contributed by atoms with E-state index in [2.05, 4.69) is 5.32 Å². The third-order valence-corrected chi connectivity index (χ3v) is 3.98. The zero-order chi connectivity index (χ0) is 12.3. The van der Waals surface area contributed by atoms with Crippen LogP contribution in [0.15, 0.2) is 16.7 Å². The van der Waals surface area contributed by atoms with Gasteiger partial charge in [-0.25, -0.2) is 0 Å². The van der Waals surface area contributed by atoms with Crippen molar-refractivity contribution in [2.75, 3.05) is 6.54 Å². The van der Waals surface area contributed by atoms with Gasteiger partial charge in [0.15, 0.2) is 0 Å². The Hall–Kier alpha value is -0.960. The Kier molecular flexibility index (Phi) is 4.11. The highest BCUT2D eigenvalue weighted by Crippen LogP contribution is 2.29. The normalized spacial score (nSPS) is 23.9. The smallest absolute Gasteiger partial charge is 0.254 e. The van der Waals surface area contributed by atoms with Gasteiger partial charge in [-0.1, -0.05) is 13.3 Å². The second-order valence-electron chi connectivity index (χ2n) is 4.53. The van der Waals surface area contributed by atoms with Crippen molar-refractivity contribution in [2.45, 2.75) is 38.0 Å². The molecular formula is C13H18ClNO2. The summed E-state index contributed by atoms with van der Waals surface area (Å²) in [6, 6.07) is 1.72. The van der Waals surface area contributed by atoms with Gasteiger partial charge in [-0.15, -0.1) is 11.6 Å². The standard InChI is InChI=1S/C13H18ClNO2/c1-2-12-10(6-7-17-12)13(16)15-8-9-4-3-5-11(9)14/h6-7,9,11H,2-5,8H2,1H3,(H,15,16). The molecule has 0 radical (unpaired) electrons. The fourth-order valence-electron chi connectivity index (χ4n) is 2.36. The van der Waals surface area contributed by atoms with Gasteiger partial charge in [-0.05, 0) is 24.8 Å². The van der Waals surface area contributed by atoms with Crippen LogP contribution in [0.2, 0.25) is 0 Å². The van der Waals surface area contributed by atoms with Crippen molar-refractivity contribution in [3.63, 3.8) is 0 Å². The topological polar surface area (TPSA) is 42.2 Å². The molecule has 1 amide bonds. The quantitative estimate of drug-likeness (QED) is 0.841. The summed E-state index contributed by atoms with van der Waals surface area (Å²) in [7, 11) is 0. The molecule has 94 valence electrons. The van der Waals surface area contributed by atoms with Crippen molar-refractivity contribution in [1.82, 2.24) is 5.32 Å². The summed E-state index contributed by atoms with van der Waals surface area (Å²) in [6.45, 7) is 2.64. The van der Waals surface area contributed by atoms with E-state index in [9.17, 15) is 4.79 Å². The molecule has 1 aromatic rings. The monoisotopic (exact) mass is 255 g/mol. The summed E-state index contributed by atoms with van der Waals surface area (Å²) in [5.74, 6) is 1.11. The van der Waals surface area contributed by atoms with Gasteiger partial charge in [-0.3, -0.25) is 4.79 Å². The molecule has 1 saturated carbocycles. The van der Waals surface area contributed by atoms with E-state index in [1.807, 2.05) is 6.92 Å². The van der Waals surface area contributed by atoms with Crippen molar-refractivity contribution < 1.29 is 9.21 Å². The summed E-state index contributed by atoms with van der Waals surface area (Å²) in [4.78, 5) is 11.9. The number of halogens is 1. The van der Waals surface area contributed by atoms with E-state index in [0.717, 1.165) is 25.0 Å². The third-order valence-electron chi connectivity index (χ3n) is 3.40. The van der Waals surface area contributed by atoms with Gasteiger partial charge >= 0.3 is 0 Å². The number of rotatable bonds is 4. The van der Waals surface area contributed by atoms with Crippen molar-refractivity contribution in [3.8, 4) is 0 Å². The molecular weight excluding hydrogens is 238 g/mol. The van der Waals surface area contributed by atoms with Crippen LogP contribution in [0, 0.1) is 5.92 Å². The fraction of sp³-hybridized carbons (Fsp3) is 0.615. The van der Waals surface area contributed by atoms with Gasteiger partial charge in [-0.2, -0.15) is 0 Å². The molecule has 0 aromatic carbocycles. The maximum Gasteiger partial charge on any atom is 0.254 e. The summed E-state index contributed by atoms with van der Waals surface area (Å²) in [5, 5.41) is 3.16. The van der Waals surface area contributed by atoms with E-state index < -0.39 is 0 Å². The number of alkyl halides is 1. The summed E-state index contributed by atoms with van der Waals surface area (Å²) in [5.41, 5.74) is 0.650. The van der Waals surface area contributed by atoms with Crippen molar-refractivity contribution >= 4 is 17.5 Å². The average molecular weight is 256 g/mol. The Morgan fingerprint density at radius 2 is 2.41 bits per heavy atom.